The molecule has 60 valence electrons. The van der Waals surface area contributed by atoms with E-state index < -0.39 is 17.5 Å². The van der Waals surface area contributed by atoms with Crippen molar-refractivity contribution >= 4 is 22.6 Å². The normalized spacial score (nSPS) is 10.3. The van der Waals surface area contributed by atoms with E-state index in [0.29, 0.717) is 5.56 Å². The maximum atomic E-state index is 12.6. The van der Waals surface area contributed by atoms with Crippen molar-refractivity contribution in [3.8, 4) is 0 Å². The van der Waals surface area contributed by atoms with Crippen LogP contribution in [0, 0.1) is 27.9 Å². The van der Waals surface area contributed by atoms with Crippen LogP contribution in [0.1, 0.15) is 5.56 Å². The monoisotopic (exact) mass is 272 g/mol. The number of halogens is 4. The summed E-state index contributed by atoms with van der Waals surface area (Å²) in [6.07, 6.45) is 0. The van der Waals surface area contributed by atoms with E-state index in [2.05, 4.69) is 0 Å². The van der Waals surface area contributed by atoms with Gasteiger partial charge in [0.05, 0.1) is 3.57 Å². The lowest BCUT2D eigenvalue weighted by Crippen LogP contribution is -1.96. The topological polar surface area (TPSA) is 0 Å². The Morgan fingerprint density at radius 3 is 2.27 bits per heavy atom. The summed E-state index contributed by atoms with van der Waals surface area (Å²) in [5, 5.41) is 0. The molecule has 0 saturated carbocycles. The number of rotatable bonds is 0. The van der Waals surface area contributed by atoms with Gasteiger partial charge in [-0.1, -0.05) is 0 Å². The third kappa shape index (κ3) is 1.50. The lowest BCUT2D eigenvalue weighted by Gasteiger charge is -2.00. The summed E-state index contributed by atoms with van der Waals surface area (Å²) in [6, 6.07) is 0.972. The Hall–Kier alpha value is -0.260. The zero-order valence-corrected chi connectivity index (χ0v) is 7.75. The molecule has 1 rings (SSSR count). The molecule has 0 aliphatic rings. The lowest BCUT2D eigenvalue weighted by molar-refractivity contribution is 0.442. The Morgan fingerprint density at radius 2 is 1.73 bits per heavy atom. The van der Waals surface area contributed by atoms with Gasteiger partial charge in [0.1, 0.15) is 0 Å². The summed E-state index contributed by atoms with van der Waals surface area (Å²) in [5.74, 6) is -3.65. The van der Waals surface area contributed by atoms with Gasteiger partial charge in [0.2, 0.25) is 0 Å². The first kappa shape index (κ1) is 8.83. The van der Waals surface area contributed by atoms with Crippen LogP contribution in [0.5, 0.6) is 0 Å². The van der Waals surface area contributed by atoms with Crippen molar-refractivity contribution in [2.75, 3.05) is 0 Å². The van der Waals surface area contributed by atoms with Crippen molar-refractivity contribution in [3.63, 3.8) is 0 Å². The molecule has 11 heavy (non-hydrogen) atoms. The molecule has 0 aromatic heterocycles. The van der Waals surface area contributed by atoms with Gasteiger partial charge in [0.15, 0.2) is 17.5 Å². The number of hydrogen-bond acceptors (Lipinski definition) is 0. The van der Waals surface area contributed by atoms with Gasteiger partial charge >= 0.3 is 0 Å². The minimum Gasteiger partial charge on any atom is -0.204 e. The highest BCUT2D eigenvalue weighted by molar-refractivity contribution is 14.1. The van der Waals surface area contributed by atoms with Crippen LogP contribution in [0.2, 0.25) is 0 Å². The van der Waals surface area contributed by atoms with Gasteiger partial charge in [-0.2, -0.15) is 0 Å². The quantitative estimate of drug-likeness (QED) is 0.387. The Kier molecular flexibility index (Phi) is 2.41. The second-order valence-electron chi connectivity index (χ2n) is 2.12. The molecule has 0 radical (unpaired) electrons. The Morgan fingerprint density at radius 1 is 1.18 bits per heavy atom. The maximum Gasteiger partial charge on any atom is 0.195 e. The molecule has 0 heterocycles. The van der Waals surface area contributed by atoms with Crippen LogP contribution < -0.4 is 0 Å². The molecule has 0 aliphatic carbocycles. The van der Waals surface area contributed by atoms with Crippen LogP contribution in [0.4, 0.5) is 13.2 Å². The second-order valence-corrected chi connectivity index (χ2v) is 3.20. The van der Waals surface area contributed by atoms with Gasteiger partial charge < -0.3 is 0 Å². The number of aryl methyl sites for hydroxylation is 1. The van der Waals surface area contributed by atoms with E-state index in [9.17, 15) is 13.2 Å². The molecule has 0 nitrogen and oxygen atoms in total. The molecule has 0 fully saturated rings. The van der Waals surface area contributed by atoms with E-state index in [-0.39, 0.29) is 3.57 Å². The SMILES string of the molecule is Cc1cc(F)c(F)c(F)c1I. The van der Waals surface area contributed by atoms with Gasteiger partial charge in [0.25, 0.3) is 0 Å². The molecule has 0 N–H and O–H groups in total. The molecule has 0 bridgehead atoms. The fourth-order valence-electron chi connectivity index (χ4n) is 0.691. The highest BCUT2D eigenvalue weighted by atomic mass is 127. The van der Waals surface area contributed by atoms with Crippen LogP contribution in [0.15, 0.2) is 6.07 Å². The Bertz CT molecular complexity index is 270. The average Bonchev–Trinajstić information content (AvgIpc) is 1.97. The van der Waals surface area contributed by atoms with E-state index >= 15 is 0 Å². The minimum atomic E-state index is -1.40. The van der Waals surface area contributed by atoms with Crippen molar-refractivity contribution in [1.29, 1.82) is 0 Å². The third-order valence-corrected chi connectivity index (χ3v) is 2.61. The Labute approximate surface area is 75.6 Å². The summed E-state index contributed by atoms with van der Waals surface area (Å²) in [5.41, 5.74) is 0.405. The molecule has 0 atom stereocenters. The molecule has 0 spiro atoms. The third-order valence-electron chi connectivity index (χ3n) is 1.28. The van der Waals surface area contributed by atoms with Crippen LogP contribution in [0.3, 0.4) is 0 Å². The predicted octanol–water partition coefficient (Wildman–Crippen LogP) is 3.02. The maximum absolute atomic E-state index is 12.6. The lowest BCUT2D eigenvalue weighted by atomic mass is 10.2. The molecule has 0 amide bonds. The van der Waals surface area contributed by atoms with Crippen molar-refractivity contribution < 1.29 is 13.2 Å². The summed E-state index contributed by atoms with van der Waals surface area (Å²) >= 11 is 1.63. The summed E-state index contributed by atoms with van der Waals surface area (Å²) in [7, 11) is 0. The standard InChI is InChI=1S/C7H4F3I/c1-3-2-4(8)5(9)6(10)7(3)11/h2H,1H3. The summed E-state index contributed by atoms with van der Waals surface area (Å²) in [6.45, 7) is 1.52. The zero-order valence-electron chi connectivity index (χ0n) is 5.59. The van der Waals surface area contributed by atoms with E-state index in [1.807, 2.05) is 0 Å². The van der Waals surface area contributed by atoms with Gasteiger partial charge in [0, 0.05) is 0 Å². The fourth-order valence-corrected chi connectivity index (χ4v) is 1.08. The highest BCUT2D eigenvalue weighted by Gasteiger charge is 2.13. The van der Waals surface area contributed by atoms with E-state index in [0.717, 1.165) is 6.07 Å². The summed E-state index contributed by atoms with van der Waals surface area (Å²) < 4.78 is 37.6. The average molecular weight is 272 g/mol. The van der Waals surface area contributed by atoms with E-state index in [1.54, 1.807) is 22.6 Å². The van der Waals surface area contributed by atoms with Crippen LogP contribution in [-0.4, -0.2) is 0 Å². The van der Waals surface area contributed by atoms with Crippen molar-refractivity contribution in [1.82, 2.24) is 0 Å². The first-order chi connectivity index (χ1) is 5.04. The minimum absolute atomic E-state index is 0.126. The van der Waals surface area contributed by atoms with E-state index in [4.69, 9.17) is 0 Å². The van der Waals surface area contributed by atoms with Crippen molar-refractivity contribution in [2.45, 2.75) is 6.92 Å². The highest BCUT2D eigenvalue weighted by Crippen LogP contribution is 2.20. The van der Waals surface area contributed by atoms with Gasteiger partial charge in [-0.3, -0.25) is 0 Å². The summed E-state index contributed by atoms with van der Waals surface area (Å²) in [4.78, 5) is 0. The van der Waals surface area contributed by atoms with E-state index in [1.165, 1.54) is 6.92 Å². The first-order valence-corrected chi connectivity index (χ1v) is 3.91. The molecule has 1 aromatic carbocycles. The van der Waals surface area contributed by atoms with Crippen LogP contribution in [-0.2, 0) is 0 Å². The largest absolute Gasteiger partial charge is 0.204 e. The Balaban J connectivity index is 3.46. The van der Waals surface area contributed by atoms with Crippen molar-refractivity contribution in [2.24, 2.45) is 0 Å². The molecular formula is C7H4F3I. The van der Waals surface area contributed by atoms with Gasteiger partial charge in [-0.15, -0.1) is 0 Å². The first-order valence-electron chi connectivity index (χ1n) is 2.83. The van der Waals surface area contributed by atoms with Crippen LogP contribution in [0.25, 0.3) is 0 Å². The molecule has 1 aromatic rings. The predicted molar refractivity (Wildman–Crippen MR) is 43.8 cm³/mol. The second kappa shape index (κ2) is 3.00. The zero-order chi connectivity index (χ0) is 8.59. The molecular weight excluding hydrogens is 268 g/mol. The molecule has 4 heteroatoms. The molecule has 0 aliphatic heterocycles. The van der Waals surface area contributed by atoms with Gasteiger partial charge in [-0.25, -0.2) is 13.2 Å². The number of hydrogen-bond donors (Lipinski definition) is 0. The fraction of sp³-hybridized carbons (Fsp3) is 0.143. The molecule has 0 unspecified atom stereocenters. The van der Waals surface area contributed by atoms with Crippen LogP contribution >= 0.6 is 22.6 Å². The van der Waals surface area contributed by atoms with Crippen molar-refractivity contribution in [3.05, 3.63) is 32.7 Å². The smallest absolute Gasteiger partial charge is 0.195 e. The van der Waals surface area contributed by atoms with Gasteiger partial charge in [-0.05, 0) is 41.1 Å². The number of benzene rings is 1. The molecule has 0 saturated heterocycles.